The van der Waals surface area contributed by atoms with Gasteiger partial charge in [0.2, 0.25) is 0 Å². The van der Waals surface area contributed by atoms with E-state index >= 15 is 0 Å². The highest BCUT2D eigenvalue weighted by Crippen LogP contribution is 2.14. The summed E-state index contributed by atoms with van der Waals surface area (Å²) in [6.07, 6.45) is 2.09. The van der Waals surface area contributed by atoms with Gasteiger partial charge < -0.3 is 4.42 Å². The lowest BCUT2D eigenvalue weighted by atomic mass is 10.2. The third kappa shape index (κ3) is 1.33. The molecular formula is C11H10N4O2. The Hall–Kier alpha value is -2.24. The Labute approximate surface area is 95.9 Å². The van der Waals surface area contributed by atoms with Crippen molar-refractivity contribution in [1.82, 2.24) is 19.6 Å². The molecule has 0 amide bonds. The summed E-state index contributed by atoms with van der Waals surface area (Å²) in [6, 6.07) is 1.70. The molecule has 6 heteroatoms. The van der Waals surface area contributed by atoms with Crippen LogP contribution in [-0.2, 0) is 6.42 Å². The number of nitrogens with zero attached hydrogens (tertiary/aromatic N) is 4. The summed E-state index contributed by atoms with van der Waals surface area (Å²) in [5.41, 5.74) is 0.885. The van der Waals surface area contributed by atoms with Crippen molar-refractivity contribution < 1.29 is 4.42 Å². The van der Waals surface area contributed by atoms with Crippen molar-refractivity contribution >= 4 is 16.7 Å². The second-order valence-corrected chi connectivity index (χ2v) is 3.76. The van der Waals surface area contributed by atoms with Crippen LogP contribution in [0.2, 0.25) is 0 Å². The highest BCUT2D eigenvalue weighted by Gasteiger charge is 2.12. The van der Waals surface area contributed by atoms with Crippen molar-refractivity contribution in [3.8, 4) is 0 Å². The first-order chi connectivity index (χ1) is 8.20. The Morgan fingerprint density at radius 2 is 2.24 bits per heavy atom. The van der Waals surface area contributed by atoms with Gasteiger partial charge >= 0.3 is 5.63 Å². The molecule has 86 valence electrons. The summed E-state index contributed by atoms with van der Waals surface area (Å²) < 4.78 is 6.43. The van der Waals surface area contributed by atoms with E-state index in [1.54, 1.807) is 17.5 Å². The van der Waals surface area contributed by atoms with E-state index in [9.17, 15) is 4.79 Å². The topological polar surface area (TPSA) is 73.3 Å². The van der Waals surface area contributed by atoms with E-state index in [1.807, 2.05) is 6.92 Å². The summed E-state index contributed by atoms with van der Waals surface area (Å²) >= 11 is 0. The van der Waals surface area contributed by atoms with E-state index in [2.05, 4.69) is 15.1 Å². The van der Waals surface area contributed by atoms with Gasteiger partial charge in [-0.1, -0.05) is 6.92 Å². The SMILES string of the molecule is CCc1nc2nc(C)c3c(=O)occc3n2n1. The Morgan fingerprint density at radius 3 is 3.00 bits per heavy atom. The number of aromatic nitrogens is 4. The summed E-state index contributed by atoms with van der Waals surface area (Å²) in [6.45, 7) is 3.73. The molecule has 0 saturated heterocycles. The fourth-order valence-corrected chi connectivity index (χ4v) is 1.85. The molecule has 0 saturated carbocycles. The minimum absolute atomic E-state index is 0.400. The molecule has 0 aromatic carbocycles. The molecule has 3 aromatic rings. The smallest absolute Gasteiger partial charge is 0.347 e. The summed E-state index contributed by atoms with van der Waals surface area (Å²) in [7, 11) is 0. The zero-order valence-electron chi connectivity index (χ0n) is 9.47. The maximum absolute atomic E-state index is 11.7. The van der Waals surface area contributed by atoms with Crippen molar-refractivity contribution in [3.05, 3.63) is 34.3 Å². The zero-order valence-corrected chi connectivity index (χ0v) is 9.47. The van der Waals surface area contributed by atoms with Crippen LogP contribution in [0.4, 0.5) is 0 Å². The largest absolute Gasteiger partial charge is 0.431 e. The summed E-state index contributed by atoms with van der Waals surface area (Å²) in [4.78, 5) is 20.2. The van der Waals surface area contributed by atoms with Gasteiger partial charge in [-0.15, -0.1) is 5.10 Å². The van der Waals surface area contributed by atoms with Crippen molar-refractivity contribution in [2.45, 2.75) is 20.3 Å². The lowest BCUT2D eigenvalue weighted by Gasteiger charge is -2.00. The van der Waals surface area contributed by atoms with E-state index < -0.39 is 5.63 Å². The molecule has 0 bridgehead atoms. The van der Waals surface area contributed by atoms with Gasteiger partial charge in [0.1, 0.15) is 5.39 Å². The molecule has 0 aliphatic rings. The highest BCUT2D eigenvalue weighted by molar-refractivity contribution is 5.81. The molecule has 0 atom stereocenters. The third-order valence-electron chi connectivity index (χ3n) is 2.67. The number of rotatable bonds is 1. The first-order valence-electron chi connectivity index (χ1n) is 5.34. The van der Waals surface area contributed by atoms with Crippen LogP contribution in [0.25, 0.3) is 16.7 Å². The summed E-state index contributed by atoms with van der Waals surface area (Å²) in [5, 5.41) is 4.76. The molecule has 3 heterocycles. The van der Waals surface area contributed by atoms with Crippen molar-refractivity contribution in [2.24, 2.45) is 0 Å². The van der Waals surface area contributed by atoms with Crippen LogP contribution >= 0.6 is 0 Å². The first-order valence-corrected chi connectivity index (χ1v) is 5.34. The lowest BCUT2D eigenvalue weighted by Crippen LogP contribution is -2.06. The Kier molecular flexibility index (Phi) is 1.98. The minimum atomic E-state index is -0.400. The average molecular weight is 230 g/mol. The number of fused-ring (bicyclic) bond motifs is 3. The van der Waals surface area contributed by atoms with E-state index in [-0.39, 0.29) is 0 Å². The zero-order chi connectivity index (χ0) is 12.0. The quantitative estimate of drug-likeness (QED) is 0.626. The fraction of sp³-hybridized carbons (Fsp3) is 0.273. The van der Waals surface area contributed by atoms with E-state index in [0.717, 1.165) is 6.42 Å². The van der Waals surface area contributed by atoms with Gasteiger partial charge in [0.15, 0.2) is 5.82 Å². The lowest BCUT2D eigenvalue weighted by molar-refractivity contribution is 0.518. The number of hydrogen-bond donors (Lipinski definition) is 0. The average Bonchev–Trinajstić information content (AvgIpc) is 2.72. The molecule has 6 nitrogen and oxygen atoms in total. The van der Waals surface area contributed by atoms with Crippen LogP contribution in [0.3, 0.4) is 0 Å². The van der Waals surface area contributed by atoms with Crippen LogP contribution in [0.15, 0.2) is 21.5 Å². The van der Waals surface area contributed by atoms with Crippen molar-refractivity contribution in [1.29, 1.82) is 0 Å². The molecule has 3 rings (SSSR count). The molecule has 0 spiro atoms. The molecule has 0 N–H and O–H groups in total. The Balaban J connectivity index is 2.58. The normalized spacial score (nSPS) is 11.4. The minimum Gasteiger partial charge on any atom is -0.431 e. The molecule has 0 aliphatic heterocycles. The van der Waals surface area contributed by atoms with Gasteiger partial charge in [-0.3, -0.25) is 0 Å². The standard InChI is InChI=1S/C11H10N4O2/c1-3-8-13-11-12-6(2)9-7(15(11)14-8)4-5-17-10(9)16/h4-5H,3H2,1-2H3. The number of hydrogen-bond acceptors (Lipinski definition) is 5. The van der Waals surface area contributed by atoms with Crippen LogP contribution in [0, 0.1) is 6.92 Å². The van der Waals surface area contributed by atoms with Crippen LogP contribution < -0.4 is 5.63 Å². The van der Waals surface area contributed by atoms with E-state index in [1.165, 1.54) is 6.26 Å². The molecule has 17 heavy (non-hydrogen) atoms. The second kappa shape index (κ2) is 3.38. The monoisotopic (exact) mass is 230 g/mol. The van der Waals surface area contributed by atoms with Gasteiger partial charge in [-0.2, -0.15) is 9.50 Å². The molecule has 0 aliphatic carbocycles. The molecule has 0 radical (unpaired) electrons. The van der Waals surface area contributed by atoms with Gasteiger partial charge in [0.05, 0.1) is 17.5 Å². The Morgan fingerprint density at radius 1 is 1.41 bits per heavy atom. The molecular weight excluding hydrogens is 220 g/mol. The second-order valence-electron chi connectivity index (χ2n) is 3.76. The van der Waals surface area contributed by atoms with Gasteiger partial charge in [0.25, 0.3) is 5.78 Å². The third-order valence-corrected chi connectivity index (χ3v) is 2.67. The molecule has 0 fully saturated rings. The predicted octanol–water partition coefficient (Wildman–Crippen LogP) is 1.10. The molecule has 0 unspecified atom stereocenters. The van der Waals surface area contributed by atoms with Gasteiger partial charge in [-0.05, 0) is 6.92 Å². The number of aryl methyl sites for hydroxylation is 2. The summed E-state index contributed by atoms with van der Waals surface area (Å²) in [5.74, 6) is 1.22. The van der Waals surface area contributed by atoms with Crippen LogP contribution in [0.1, 0.15) is 18.4 Å². The first kappa shape index (κ1) is 9.95. The van der Waals surface area contributed by atoms with E-state index in [4.69, 9.17) is 4.42 Å². The highest BCUT2D eigenvalue weighted by atomic mass is 16.4. The van der Waals surface area contributed by atoms with Crippen LogP contribution in [0.5, 0.6) is 0 Å². The molecule has 3 aromatic heterocycles. The van der Waals surface area contributed by atoms with Gasteiger partial charge in [-0.25, -0.2) is 9.78 Å². The predicted molar refractivity (Wildman–Crippen MR) is 60.9 cm³/mol. The fourth-order valence-electron chi connectivity index (χ4n) is 1.85. The van der Waals surface area contributed by atoms with Crippen molar-refractivity contribution in [3.63, 3.8) is 0 Å². The van der Waals surface area contributed by atoms with Crippen LogP contribution in [-0.4, -0.2) is 19.6 Å². The maximum Gasteiger partial charge on any atom is 0.347 e. The maximum atomic E-state index is 11.7. The van der Waals surface area contributed by atoms with Crippen molar-refractivity contribution in [2.75, 3.05) is 0 Å². The van der Waals surface area contributed by atoms with E-state index in [0.29, 0.717) is 28.2 Å². The van der Waals surface area contributed by atoms with Gasteiger partial charge in [0, 0.05) is 12.5 Å². The Bertz CT molecular complexity index is 772.